The van der Waals surface area contributed by atoms with Crippen LogP contribution in [0, 0.1) is 18.7 Å². The molecule has 1 amide bonds. The minimum atomic E-state index is -0.266. The zero-order chi connectivity index (χ0) is 20.2. The molecule has 4 nitrogen and oxygen atoms in total. The van der Waals surface area contributed by atoms with Crippen LogP contribution in [0.5, 0.6) is 0 Å². The predicted molar refractivity (Wildman–Crippen MR) is 115 cm³/mol. The van der Waals surface area contributed by atoms with Crippen LogP contribution in [-0.2, 0) is 11.3 Å². The third-order valence-corrected chi connectivity index (χ3v) is 6.19. The van der Waals surface area contributed by atoms with Crippen molar-refractivity contribution in [2.75, 3.05) is 18.4 Å². The fourth-order valence-corrected chi connectivity index (χ4v) is 4.58. The zero-order valence-electron chi connectivity index (χ0n) is 16.4. The van der Waals surface area contributed by atoms with Crippen LogP contribution in [0.15, 0.2) is 54.7 Å². The molecule has 2 aromatic carbocycles. The molecule has 0 spiro atoms. The van der Waals surface area contributed by atoms with Crippen LogP contribution in [-0.4, -0.2) is 28.9 Å². The van der Waals surface area contributed by atoms with Crippen LogP contribution >= 0.6 is 11.3 Å². The van der Waals surface area contributed by atoms with Crippen molar-refractivity contribution >= 4 is 22.9 Å². The summed E-state index contributed by atoms with van der Waals surface area (Å²) in [7, 11) is 0. The average Bonchev–Trinajstić information content (AvgIpc) is 3.13. The van der Waals surface area contributed by atoms with Gasteiger partial charge in [0.25, 0.3) is 0 Å². The summed E-state index contributed by atoms with van der Waals surface area (Å²) < 4.78 is 13.5. The first kappa shape index (κ1) is 19.7. The van der Waals surface area contributed by atoms with E-state index in [4.69, 9.17) is 0 Å². The summed E-state index contributed by atoms with van der Waals surface area (Å²) in [4.78, 5) is 20.7. The van der Waals surface area contributed by atoms with Crippen molar-refractivity contribution in [2.24, 2.45) is 5.92 Å². The highest BCUT2D eigenvalue weighted by atomic mass is 32.1. The lowest BCUT2D eigenvalue weighted by Gasteiger charge is -2.30. The molecule has 0 bridgehead atoms. The van der Waals surface area contributed by atoms with E-state index in [1.54, 1.807) is 17.4 Å². The molecule has 0 atom stereocenters. The molecule has 0 unspecified atom stereocenters. The Balaban J connectivity index is 1.33. The van der Waals surface area contributed by atoms with E-state index in [1.807, 2.05) is 43.5 Å². The standard InChI is InChI=1S/C23H24FN3OS/c1-16-25-14-22(29-16)15-27-10-8-17(9-11-27)23(28)26-21-7-3-5-19(13-21)18-4-2-6-20(24)12-18/h2-7,12-14,17H,8-11,15H2,1H3,(H,26,28). The Morgan fingerprint density at radius 2 is 1.90 bits per heavy atom. The van der Waals surface area contributed by atoms with Gasteiger partial charge in [-0.3, -0.25) is 9.69 Å². The van der Waals surface area contributed by atoms with Gasteiger partial charge in [0.1, 0.15) is 5.82 Å². The molecule has 1 saturated heterocycles. The largest absolute Gasteiger partial charge is 0.326 e. The molecule has 1 aliphatic rings. The summed E-state index contributed by atoms with van der Waals surface area (Å²) in [6.45, 7) is 4.76. The van der Waals surface area contributed by atoms with Gasteiger partial charge in [0, 0.05) is 29.2 Å². The number of anilines is 1. The van der Waals surface area contributed by atoms with Gasteiger partial charge in [0.2, 0.25) is 5.91 Å². The number of nitrogens with zero attached hydrogens (tertiary/aromatic N) is 2. The van der Waals surface area contributed by atoms with Gasteiger partial charge in [0.15, 0.2) is 0 Å². The van der Waals surface area contributed by atoms with Gasteiger partial charge in [-0.05, 0) is 68.2 Å². The van der Waals surface area contributed by atoms with Crippen molar-refractivity contribution < 1.29 is 9.18 Å². The number of carbonyl (C=O) groups excluding carboxylic acids is 1. The summed E-state index contributed by atoms with van der Waals surface area (Å²) in [5.74, 6) is -0.181. The number of amides is 1. The number of rotatable bonds is 5. The van der Waals surface area contributed by atoms with Crippen molar-refractivity contribution in [1.82, 2.24) is 9.88 Å². The van der Waals surface area contributed by atoms with Gasteiger partial charge >= 0.3 is 0 Å². The molecule has 1 N–H and O–H groups in total. The lowest BCUT2D eigenvalue weighted by molar-refractivity contribution is -0.121. The predicted octanol–water partition coefficient (Wildman–Crippen LogP) is 5.11. The topological polar surface area (TPSA) is 45.2 Å². The van der Waals surface area contributed by atoms with Gasteiger partial charge in [0.05, 0.1) is 5.01 Å². The summed E-state index contributed by atoms with van der Waals surface area (Å²) in [6, 6.07) is 14.1. The number of likely N-dealkylation sites (tertiary alicyclic amines) is 1. The molecule has 1 fully saturated rings. The smallest absolute Gasteiger partial charge is 0.227 e. The number of aromatic nitrogens is 1. The monoisotopic (exact) mass is 409 g/mol. The number of benzene rings is 2. The van der Waals surface area contributed by atoms with Crippen LogP contribution in [0.25, 0.3) is 11.1 Å². The molecular weight excluding hydrogens is 385 g/mol. The molecule has 4 rings (SSSR count). The molecule has 150 valence electrons. The molecule has 0 saturated carbocycles. The lowest BCUT2D eigenvalue weighted by atomic mass is 9.95. The van der Waals surface area contributed by atoms with Crippen LogP contribution in [0.4, 0.5) is 10.1 Å². The van der Waals surface area contributed by atoms with E-state index in [1.165, 1.54) is 17.0 Å². The van der Waals surface area contributed by atoms with Crippen LogP contribution in [0.2, 0.25) is 0 Å². The summed E-state index contributed by atoms with van der Waals surface area (Å²) in [5.41, 5.74) is 2.43. The summed E-state index contributed by atoms with van der Waals surface area (Å²) >= 11 is 1.74. The molecule has 0 radical (unpaired) electrons. The Hall–Kier alpha value is -2.57. The quantitative estimate of drug-likeness (QED) is 0.637. The van der Waals surface area contributed by atoms with E-state index < -0.39 is 0 Å². The fourth-order valence-electron chi connectivity index (χ4n) is 3.74. The molecule has 0 aliphatic carbocycles. The maximum Gasteiger partial charge on any atom is 0.227 e. The molecule has 6 heteroatoms. The molecule has 1 aliphatic heterocycles. The minimum Gasteiger partial charge on any atom is -0.326 e. The Kier molecular flexibility index (Phi) is 6.02. The zero-order valence-corrected chi connectivity index (χ0v) is 17.2. The number of hydrogen-bond donors (Lipinski definition) is 1. The maximum atomic E-state index is 13.5. The van der Waals surface area contributed by atoms with Crippen LogP contribution in [0.1, 0.15) is 22.7 Å². The number of nitrogens with one attached hydrogen (secondary N) is 1. The number of thiazole rings is 1. The second-order valence-electron chi connectivity index (χ2n) is 7.48. The molecule has 29 heavy (non-hydrogen) atoms. The molecule has 1 aromatic heterocycles. The SMILES string of the molecule is Cc1ncc(CN2CCC(C(=O)Nc3cccc(-c4cccc(F)c4)c3)CC2)s1. The van der Waals surface area contributed by atoms with Gasteiger partial charge in [-0.1, -0.05) is 24.3 Å². The van der Waals surface area contributed by atoms with E-state index in [2.05, 4.69) is 15.2 Å². The number of hydrogen-bond acceptors (Lipinski definition) is 4. The fraction of sp³-hybridized carbons (Fsp3) is 0.304. The Labute approximate surface area is 174 Å². The normalized spacial score (nSPS) is 15.4. The van der Waals surface area contributed by atoms with E-state index in [9.17, 15) is 9.18 Å². The number of halogens is 1. The van der Waals surface area contributed by atoms with E-state index >= 15 is 0 Å². The van der Waals surface area contributed by atoms with Gasteiger partial charge in [-0.25, -0.2) is 9.37 Å². The number of piperidine rings is 1. The third kappa shape index (κ3) is 5.08. The first-order chi connectivity index (χ1) is 14.1. The van der Waals surface area contributed by atoms with Crippen LogP contribution < -0.4 is 5.32 Å². The second kappa shape index (κ2) is 8.84. The summed E-state index contributed by atoms with van der Waals surface area (Å²) in [5, 5.41) is 4.14. The van der Waals surface area contributed by atoms with Gasteiger partial charge in [-0.15, -0.1) is 11.3 Å². The van der Waals surface area contributed by atoms with Crippen LogP contribution in [0.3, 0.4) is 0 Å². The van der Waals surface area contributed by atoms with Gasteiger partial charge in [-0.2, -0.15) is 0 Å². The molecule has 3 aromatic rings. The lowest BCUT2D eigenvalue weighted by Crippen LogP contribution is -2.37. The van der Waals surface area contributed by atoms with Crippen molar-refractivity contribution in [3.8, 4) is 11.1 Å². The minimum absolute atomic E-state index is 0.0206. The highest BCUT2D eigenvalue weighted by Gasteiger charge is 2.25. The first-order valence-corrected chi connectivity index (χ1v) is 10.7. The van der Waals surface area contributed by atoms with E-state index in [0.29, 0.717) is 0 Å². The van der Waals surface area contributed by atoms with Crippen molar-refractivity contribution in [2.45, 2.75) is 26.3 Å². The summed E-state index contributed by atoms with van der Waals surface area (Å²) in [6.07, 6.45) is 3.66. The highest BCUT2D eigenvalue weighted by Crippen LogP contribution is 2.25. The average molecular weight is 410 g/mol. The highest BCUT2D eigenvalue weighted by molar-refractivity contribution is 7.11. The van der Waals surface area contributed by atoms with E-state index in [-0.39, 0.29) is 17.6 Å². The second-order valence-corrected chi connectivity index (χ2v) is 8.80. The first-order valence-electron chi connectivity index (χ1n) is 9.87. The Morgan fingerprint density at radius 3 is 2.59 bits per heavy atom. The number of aryl methyl sites for hydroxylation is 1. The Bertz CT molecular complexity index is 995. The van der Waals surface area contributed by atoms with Crippen molar-refractivity contribution in [1.29, 1.82) is 0 Å². The Morgan fingerprint density at radius 1 is 1.17 bits per heavy atom. The van der Waals surface area contributed by atoms with Gasteiger partial charge < -0.3 is 5.32 Å². The third-order valence-electron chi connectivity index (χ3n) is 5.30. The van der Waals surface area contributed by atoms with E-state index in [0.717, 1.165) is 54.3 Å². The van der Waals surface area contributed by atoms with Crippen molar-refractivity contribution in [3.05, 3.63) is 70.4 Å². The molecule has 2 heterocycles. The molecular formula is C23H24FN3OS. The number of carbonyl (C=O) groups is 1. The van der Waals surface area contributed by atoms with Crippen molar-refractivity contribution in [3.63, 3.8) is 0 Å². The maximum absolute atomic E-state index is 13.5.